The topological polar surface area (TPSA) is 83.6 Å². The fraction of sp³-hybridized carbons (Fsp3) is 0.700. The summed E-state index contributed by atoms with van der Waals surface area (Å²) in [6, 6.07) is 3.22. The molecule has 3 unspecified atom stereocenters. The van der Waals surface area contributed by atoms with Gasteiger partial charge >= 0.3 is 5.69 Å². The lowest BCUT2D eigenvalue weighted by Crippen LogP contribution is -2.50. The lowest BCUT2D eigenvalue weighted by atomic mass is 9.53. The van der Waals surface area contributed by atoms with Gasteiger partial charge < -0.3 is 10.2 Å². The lowest BCUT2D eigenvalue weighted by Gasteiger charge is -2.53. The molecular formula is C20H27NO4. The molecule has 136 valence electrons. The Bertz CT molecular complexity index is 733. The Balaban J connectivity index is 1.73. The molecule has 3 aliphatic carbocycles. The van der Waals surface area contributed by atoms with Crippen LogP contribution in [0, 0.1) is 27.4 Å². The molecule has 5 nitrogen and oxygen atoms in total. The number of hydrogen-bond acceptors (Lipinski definition) is 4. The quantitative estimate of drug-likeness (QED) is 0.618. The Hall–Kier alpha value is -1.62. The maximum Gasteiger partial charge on any atom is 0.310 e. The third-order valence-electron chi connectivity index (χ3n) is 7.92. The second-order valence-corrected chi connectivity index (χ2v) is 8.59. The molecule has 2 N–H and O–H groups in total. The molecule has 0 amide bonds. The summed E-state index contributed by atoms with van der Waals surface area (Å²) in [5.74, 6) is 1.07. The summed E-state index contributed by atoms with van der Waals surface area (Å²) < 4.78 is 0. The highest BCUT2D eigenvalue weighted by Crippen LogP contribution is 2.65. The molecule has 0 heterocycles. The fourth-order valence-corrected chi connectivity index (χ4v) is 6.43. The van der Waals surface area contributed by atoms with E-state index in [0.29, 0.717) is 17.8 Å². The minimum absolute atomic E-state index is 0.0384. The lowest BCUT2D eigenvalue weighted by molar-refractivity contribution is -0.386. The monoisotopic (exact) mass is 345 g/mol. The zero-order valence-corrected chi connectivity index (χ0v) is 15.0. The van der Waals surface area contributed by atoms with Gasteiger partial charge in [0, 0.05) is 6.07 Å². The first-order valence-corrected chi connectivity index (χ1v) is 9.53. The van der Waals surface area contributed by atoms with Crippen molar-refractivity contribution in [3.63, 3.8) is 0 Å². The summed E-state index contributed by atoms with van der Waals surface area (Å²) in [5.41, 5.74) is 1.35. The minimum Gasteiger partial charge on any atom is -0.502 e. The van der Waals surface area contributed by atoms with E-state index in [1.807, 2.05) is 0 Å². The second-order valence-electron chi connectivity index (χ2n) is 8.59. The Morgan fingerprint density at radius 1 is 1.28 bits per heavy atom. The maximum absolute atomic E-state index is 11.2. The van der Waals surface area contributed by atoms with E-state index < -0.39 is 10.5 Å². The van der Waals surface area contributed by atoms with Gasteiger partial charge in [-0.3, -0.25) is 10.1 Å². The third kappa shape index (κ3) is 2.17. The molecule has 1 aromatic rings. The average Bonchev–Trinajstić information content (AvgIpc) is 2.86. The Morgan fingerprint density at radius 2 is 2.04 bits per heavy atom. The van der Waals surface area contributed by atoms with Crippen molar-refractivity contribution in [3.05, 3.63) is 33.4 Å². The minimum atomic E-state index is -0.566. The van der Waals surface area contributed by atoms with Crippen LogP contribution in [0.1, 0.15) is 69.4 Å². The van der Waals surface area contributed by atoms with Crippen LogP contribution in [0.2, 0.25) is 0 Å². The van der Waals surface area contributed by atoms with Crippen molar-refractivity contribution < 1.29 is 15.1 Å². The summed E-state index contributed by atoms with van der Waals surface area (Å²) in [6.07, 6.45) is 6.57. The number of aryl methyl sites for hydroxylation is 1. The van der Waals surface area contributed by atoms with Gasteiger partial charge in [-0.2, -0.15) is 0 Å². The number of phenolic OH excluding ortho intramolecular Hbond substituents is 1. The summed E-state index contributed by atoms with van der Waals surface area (Å²) in [6.45, 7) is 4.35. The van der Waals surface area contributed by atoms with Gasteiger partial charge in [-0.25, -0.2) is 0 Å². The van der Waals surface area contributed by atoms with E-state index in [-0.39, 0.29) is 16.9 Å². The number of rotatable bonds is 2. The van der Waals surface area contributed by atoms with Gasteiger partial charge in [0.15, 0.2) is 5.75 Å². The van der Waals surface area contributed by atoms with Crippen LogP contribution in [0.4, 0.5) is 5.69 Å². The van der Waals surface area contributed by atoms with Crippen molar-refractivity contribution in [1.29, 1.82) is 0 Å². The Morgan fingerprint density at radius 3 is 2.72 bits per heavy atom. The summed E-state index contributed by atoms with van der Waals surface area (Å²) in [4.78, 5) is 10.7. The molecule has 0 radical (unpaired) electrons. The van der Waals surface area contributed by atoms with Crippen LogP contribution in [0.25, 0.3) is 0 Å². The SMILES string of the molecule is CC[C@]1(O)CCC2C3CCc4cc(O)c([N+](=O)[O-])cc4C3CC[C@@]21C. The molecule has 5 heteroatoms. The van der Waals surface area contributed by atoms with E-state index in [4.69, 9.17) is 0 Å². The highest BCUT2D eigenvalue weighted by atomic mass is 16.6. The number of aromatic hydroxyl groups is 1. The molecule has 2 saturated carbocycles. The standard InChI is InChI=1S/C20H27NO4/c1-3-20(23)9-7-16-14-5-4-12-10-18(22)17(21(24)25)11-15(12)13(14)6-8-19(16,20)2/h10-11,13-14,16,22-23H,3-9H2,1-2H3/t13?,14?,16?,19-,20-/m0/s1. The van der Waals surface area contributed by atoms with E-state index >= 15 is 0 Å². The molecule has 3 aliphatic rings. The van der Waals surface area contributed by atoms with Crippen molar-refractivity contribution in [2.45, 2.75) is 70.3 Å². The molecular weight excluding hydrogens is 318 g/mol. The van der Waals surface area contributed by atoms with Crippen LogP contribution < -0.4 is 0 Å². The van der Waals surface area contributed by atoms with E-state index in [0.717, 1.165) is 56.1 Å². The number of nitro groups is 1. The van der Waals surface area contributed by atoms with Crippen molar-refractivity contribution in [1.82, 2.24) is 0 Å². The largest absolute Gasteiger partial charge is 0.502 e. The molecule has 0 aliphatic heterocycles. The summed E-state index contributed by atoms with van der Waals surface area (Å²) in [5, 5.41) is 32.4. The zero-order valence-electron chi connectivity index (χ0n) is 15.0. The molecule has 25 heavy (non-hydrogen) atoms. The van der Waals surface area contributed by atoms with Gasteiger partial charge in [0.05, 0.1) is 10.5 Å². The first kappa shape index (κ1) is 16.8. The van der Waals surface area contributed by atoms with Crippen LogP contribution in [-0.2, 0) is 6.42 Å². The fourth-order valence-electron chi connectivity index (χ4n) is 6.43. The van der Waals surface area contributed by atoms with Crippen LogP contribution in [0.3, 0.4) is 0 Å². The van der Waals surface area contributed by atoms with E-state index in [2.05, 4.69) is 13.8 Å². The first-order valence-electron chi connectivity index (χ1n) is 9.53. The Kier molecular flexibility index (Phi) is 3.66. The predicted molar refractivity (Wildman–Crippen MR) is 94.6 cm³/mol. The molecule has 0 saturated heterocycles. The highest BCUT2D eigenvalue weighted by Gasteiger charge is 2.60. The number of nitrogens with zero attached hydrogens (tertiary/aromatic N) is 1. The molecule has 0 spiro atoms. The maximum atomic E-state index is 11.2. The zero-order chi connectivity index (χ0) is 18.0. The molecule has 0 aromatic heterocycles. The third-order valence-corrected chi connectivity index (χ3v) is 7.92. The molecule has 0 bridgehead atoms. The van der Waals surface area contributed by atoms with Crippen LogP contribution >= 0.6 is 0 Å². The summed E-state index contributed by atoms with van der Waals surface area (Å²) in [7, 11) is 0. The van der Waals surface area contributed by atoms with Crippen LogP contribution in [0.5, 0.6) is 5.75 Å². The van der Waals surface area contributed by atoms with Crippen LogP contribution in [-0.4, -0.2) is 20.7 Å². The van der Waals surface area contributed by atoms with Gasteiger partial charge in [-0.1, -0.05) is 13.8 Å². The van der Waals surface area contributed by atoms with Crippen molar-refractivity contribution in [2.24, 2.45) is 17.3 Å². The average molecular weight is 345 g/mol. The molecule has 4 rings (SSSR count). The normalized spacial score (nSPS) is 39.4. The van der Waals surface area contributed by atoms with E-state index in [1.54, 1.807) is 12.1 Å². The van der Waals surface area contributed by atoms with Gasteiger partial charge in [0.2, 0.25) is 0 Å². The van der Waals surface area contributed by atoms with E-state index in [9.17, 15) is 20.3 Å². The van der Waals surface area contributed by atoms with Crippen molar-refractivity contribution >= 4 is 5.69 Å². The van der Waals surface area contributed by atoms with Crippen molar-refractivity contribution in [2.75, 3.05) is 0 Å². The smallest absolute Gasteiger partial charge is 0.310 e. The molecule has 2 fully saturated rings. The molecule has 5 atom stereocenters. The van der Waals surface area contributed by atoms with Gasteiger partial charge in [-0.15, -0.1) is 0 Å². The number of fused-ring (bicyclic) bond motifs is 5. The number of phenols is 1. The number of nitro benzene ring substituents is 1. The van der Waals surface area contributed by atoms with E-state index in [1.165, 1.54) is 0 Å². The van der Waals surface area contributed by atoms with Gasteiger partial charge in [0.1, 0.15) is 0 Å². The number of benzene rings is 1. The first-order chi connectivity index (χ1) is 11.8. The van der Waals surface area contributed by atoms with Gasteiger partial charge in [-0.05, 0) is 85.3 Å². The number of aliphatic hydroxyl groups is 1. The molecule has 1 aromatic carbocycles. The number of hydrogen-bond donors (Lipinski definition) is 2. The highest BCUT2D eigenvalue weighted by molar-refractivity contribution is 5.53. The summed E-state index contributed by atoms with van der Waals surface area (Å²) >= 11 is 0. The predicted octanol–water partition coefficient (Wildman–Crippen LogP) is 4.30. The van der Waals surface area contributed by atoms with Crippen LogP contribution in [0.15, 0.2) is 12.1 Å². The van der Waals surface area contributed by atoms with Crippen molar-refractivity contribution in [3.8, 4) is 5.75 Å². The Labute approximate surface area is 148 Å². The van der Waals surface area contributed by atoms with Gasteiger partial charge in [0.25, 0.3) is 0 Å². The second kappa shape index (κ2) is 5.44.